The van der Waals surface area contributed by atoms with Crippen molar-refractivity contribution < 1.29 is 4.79 Å². The van der Waals surface area contributed by atoms with Gasteiger partial charge in [0.1, 0.15) is 0 Å². The Balaban J connectivity index is 2.26. The molecule has 0 unspecified atom stereocenters. The van der Waals surface area contributed by atoms with Gasteiger partial charge in [-0.2, -0.15) is 0 Å². The fourth-order valence-corrected chi connectivity index (χ4v) is 3.35. The Kier molecular flexibility index (Phi) is 5.07. The number of anilines is 1. The first-order valence-corrected chi connectivity index (χ1v) is 8.32. The highest BCUT2D eigenvalue weighted by atomic mass is 79.9. The summed E-state index contributed by atoms with van der Waals surface area (Å²) in [4.78, 5) is 13.2. The second-order valence-electron chi connectivity index (χ2n) is 3.78. The van der Waals surface area contributed by atoms with Gasteiger partial charge < -0.3 is 5.32 Å². The van der Waals surface area contributed by atoms with Crippen molar-refractivity contribution >= 4 is 55.2 Å². The Bertz CT molecular complexity index is 616. The molecule has 0 fully saturated rings. The summed E-state index contributed by atoms with van der Waals surface area (Å²) in [7, 11) is 0. The molecule has 0 spiro atoms. The van der Waals surface area contributed by atoms with Gasteiger partial charge in [-0.15, -0.1) is 11.8 Å². The predicted molar refractivity (Wildman–Crippen MR) is 88.0 cm³/mol. The van der Waals surface area contributed by atoms with E-state index in [1.54, 1.807) is 11.8 Å². The number of carbonyl (C=O) groups is 1. The van der Waals surface area contributed by atoms with Crippen molar-refractivity contribution in [3.63, 3.8) is 0 Å². The number of carbonyl (C=O) groups excluding carboxylic acids is 1. The van der Waals surface area contributed by atoms with Gasteiger partial charge in [0.25, 0.3) is 5.91 Å². The van der Waals surface area contributed by atoms with Crippen LogP contribution in [0, 0.1) is 0 Å². The molecular formula is C14H11Br2NOS. The molecule has 2 nitrogen and oxygen atoms in total. The number of thioether (sulfide) groups is 1. The highest BCUT2D eigenvalue weighted by Crippen LogP contribution is 2.27. The number of nitrogens with one attached hydrogen (secondary N) is 1. The molecule has 0 aliphatic heterocycles. The number of benzene rings is 2. The summed E-state index contributed by atoms with van der Waals surface area (Å²) in [5.41, 5.74) is 1.44. The molecule has 2 aromatic carbocycles. The van der Waals surface area contributed by atoms with E-state index in [1.165, 1.54) is 0 Å². The third-order valence-electron chi connectivity index (χ3n) is 2.53. The average molecular weight is 401 g/mol. The molecule has 2 aromatic rings. The van der Waals surface area contributed by atoms with Crippen LogP contribution < -0.4 is 5.32 Å². The summed E-state index contributed by atoms with van der Waals surface area (Å²) in [6.45, 7) is 0. The Morgan fingerprint density at radius 3 is 2.58 bits per heavy atom. The zero-order chi connectivity index (χ0) is 13.8. The SMILES string of the molecule is CSc1ccccc1C(=O)Nc1ccc(Br)cc1Br. The smallest absolute Gasteiger partial charge is 0.256 e. The maximum Gasteiger partial charge on any atom is 0.256 e. The normalized spacial score (nSPS) is 10.3. The third-order valence-corrected chi connectivity index (χ3v) is 4.48. The lowest BCUT2D eigenvalue weighted by molar-refractivity contribution is 0.102. The van der Waals surface area contributed by atoms with Crippen molar-refractivity contribution in [3.05, 3.63) is 57.0 Å². The van der Waals surface area contributed by atoms with Crippen molar-refractivity contribution in [2.75, 3.05) is 11.6 Å². The molecule has 0 aliphatic rings. The maximum absolute atomic E-state index is 12.3. The van der Waals surface area contributed by atoms with Crippen LogP contribution in [-0.2, 0) is 0 Å². The molecule has 5 heteroatoms. The van der Waals surface area contributed by atoms with E-state index in [0.717, 1.165) is 19.5 Å². The van der Waals surface area contributed by atoms with Crippen LogP contribution in [0.2, 0.25) is 0 Å². The molecular weight excluding hydrogens is 390 g/mol. The second-order valence-corrected chi connectivity index (χ2v) is 6.40. The van der Waals surface area contributed by atoms with Gasteiger partial charge in [-0.25, -0.2) is 0 Å². The second kappa shape index (κ2) is 6.59. The predicted octanol–water partition coefficient (Wildman–Crippen LogP) is 5.19. The first kappa shape index (κ1) is 14.6. The van der Waals surface area contributed by atoms with Gasteiger partial charge in [-0.3, -0.25) is 4.79 Å². The number of rotatable bonds is 3. The fraction of sp³-hybridized carbons (Fsp3) is 0.0714. The molecule has 0 atom stereocenters. The van der Waals surface area contributed by atoms with Crippen molar-refractivity contribution in [1.82, 2.24) is 0 Å². The van der Waals surface area contributed by atoms with Crippen LogP contribution >= 0.6 is 43.6 Å². The summed E-state index contributed by atoms with van der Waals surface area (Å²) < 4.78 is 1.80. The quantitative estimate of drug-likeness (QED) is 0.718. The molecule has 0 saturated heterocycles. The van der Waals surface area contributed by atoms with Crippen LogP contribution in [0.25, 0.3) is 0 Å². The fourth-order valence-electron chi connectivity index (χ4n) is 1.61. The van der Waals surface area contributed by atoms with Crippen molar-refractivity contribution in [2.45, 2.75) is 4.90 Å². The Labute approximate surface area is 133 Å². The number of halogens is 2. The van der Waals surface area contributed by atoms with E-state index in [9.17, 15) is 4.79 Å². The van der Waals surface area contributed by atoms with Crippen molar-refractivity contribution in [2.24, 2.45) is 0 Å². The third kappa shape index (κ3) is 3.61. The zero-order valence-corrected chi connectivity index (χ0v) is 14.1. The Morgan fingerprint density at radius 1 is 1.16 bits per heavy atom. The molecule has 1 N–H and O–H groups in total. The summed E-state index contributed by atoms with van der Waals surface area (Å²) in [6.07, 6.45) is 1.96. The topological polar surface area (TPSA) is 29.1 Å². The van der Waals surface area contributed by atoms with E-state index in [2.05, 4.69) is 37.2 Å². The first-order chi connectivity index (χ1) is 9.11. The van der Waals surface area contributed by atoms with E-state index in [4.69, 9.17) is 0 Å². The molecule has 0 heterocycles. The minimum Gasteiger partial charge on any atom is -0.321 e. The molecule has 0 saturated carbocycles. The minimum absolute atomic E-state index is 0.104. The van der Waals surface area contributed by atoms with Gasteiger partial charge >= 0.3 is 0 Å². The molecule has 2 rings (SSSR count). The van der Waals surface area contributed by atoms with Crippen LogP contribution in [-0.4, -0.2) is 12.2 Å². The molecule has 0 radical (unpaired) electrons. The van der Waals surface area contributed by atoms with Crippen LogP contribution in [0.15, 0.2) is 56.3 Å². The van der Waals surface area contributed by atoms with E-state index in [1.807, 2.05) is 48.7 Å². The lowest BCUT2D eigenvalue weighted by Crippen LogP contribution is -2.13. The Morgan fingerprint density at radius 2 is 1.89 bits per heavy atom. The molecule has 98 valence electrons. The largest absolute Gasteiger partial charge is 0.321 e. The van der Waals surface area contributed by atoms with Crippen molar-refractivity contribution in [1.29, 1.82) is 0 Å². The van der Waals surface area contributed by atoms with Crippen LogP contribution in [0.1, 0.15) is 10.4 Å². The van der Waals surface area contributed by atoms with Gasteiger partial charge in [0.05, 0.1) is 11.3 Å². The number of amides is 1. The highest BCUT2D eigenvalue weighted by Gasteiger charge is 2.11. The average Bonchev–Trinajstić information content (AvgIpc) is 2.41. The van der Waals surface area contributed by atoms with Gasteiger partial charge in [0.15, 0.2) is 0 Å². The maximum atomic E-state index is 12.3. The van der Waals surface area contributed by atoms with Gasteiger partial charge in [-0.05, 0) is 52.5 Å². The van der Waals surface area contributed by atoms with Gasteiger partial charge in [0, 0.05) is 13.8 Å². The molecule has 19 heavy (non-hydrogen) atoms. The molecule has 0 bridgehead atoms. The first-order valence-electron chi connectivity index (χ1n) is 5.51. The monoisotopic (exact) mass is 399 g/mol. The van der Waals surface area contributed by atoms with E-state index in [-0.39, 0.29) is 5.91 Å². The van der Waals surface area contributed by atoms with Crippen LogP contribution in [0.4, 0.5) is 5.69 Å². The summed E-state index contributed by atoms with van der Waals surface area (Å²) >= 11 is 8.38. The van der Waals surface area contributed by atoms with E-state index >= 15 is 0 Å². The summed E-state index contributed by atoms with van der Waals surface area (Å²) in [5, 5.41) is 2.91. The minimum atomic E-state index is -0.104. The lowest BCUT2D eigenvalue weighted by atomic mass is 10.2. The lowest BCUT2D eigenvalue weighted by Gasteiger charge is -2.10. The van der Waals surface area contributed by atoms with E-state index in [0.29, 0.717) is 5.56 Å². The van der Waals surface area contributed by atoms with Crippen LogP contribution in [0.5, 0.6) is 0 Å². The van der Waals surface area contributed by atoms with Crippen LogP contribution in [0.3, 0.4) is 0 Å². The highest BCUT2D eigenvalue weighted by molar-refractivity contribution is 9.11. The molecule has 0 aliphatic carbocycles. The number of hydrogen-bond acceptors (Lipinski definition) is 2. The van der Waals surface area contributed by atoms with Gasteiger partial charge in [0.2, 0.25) is 0 Å². The standard InChI is InChI=1S/C14H11Br2NOS/c1-19-13-5-3-2-4-10(13)14(18)17-12-7-6-9(15)8-11(12)16/h2-8H,1H3,(H,17,18). The molecule has 1 amide bonds. The summed E-state index contributed by atoms with van der Waals surface area (Å²) in [6, 6.07) is 13.2. The zero-order valence-electron chi connectivity index (χ0n) is 10.1. The Hall–Kier alpha value is -0.780. The summed E-state index contributed by atoms with van der Waals surface area (Å²) in [5.74, 6) is -0.104. The van der Waals surface area contributed by atoms with E-state index < -0.39 is 0 Å². The number of hydrogen-bond donors (Lipinski definition) is 1. The molecule has 0 aromatic heterocycles. The van der Waals surface area contributed by atoms with Gasteiger partial charge in [-0.1, -0.05) is 28.1 Å². The van der Waals surface area contributed by atoms with Crippen molar-refractivity contribution in [3.8, 4) is 0 Å².